The molecule has 1 aliphatic carbocycles. The number of hydrogen-bond acceptors (Lipinski definition) is 2. The Morgan fingerprint density at radius 2 is 1.81 bits per heavy atom. The molecule has 116 valence electrons. The Balaban J connectivity index is 1.85. The van der Waals surface area contributed by atoms with E-state index in [4.69, 9.17) is 5.11 Å². The number of benzene rings is 1. The van der Waals surface area contributed by atoms with Gasteiger partial charge in [-0.2, -0.15) is 0 Å². The van der Waals surface area contributed by atoms with Crippen molar-refractivity contribution in [3.63, 3.8) is 0 Å². The van der Waals surface area contributed by atoms with Crippen molar-refractivity contribution in [1.29, 1.82) is 0 Å². The minimum absolute atomic E-state index is 0.0738. The predicted molar refractivity (Wildman–Crippen MR) is 88.6 cm³/mol. The van der Waals surface area contributed by atoms with Crippen molar-refractivity contribution in [3.05, 3.63) is 34.3 Å². The zero-order valence-corrected chi connectivity index (χ0v) is 14.3. The molecule has 0 saturated heterocycles. The van der Waals surface area contributed by atoms with Gasteiger partial charge in [-0.15, -0.1) is 0 Å². The molecule has 2 N–H and O–H groups in total. The summed E-state index contributed by atoms with van der Waals surface area (Å²) in [6.07, 6.45) is 3.53. The van der Waals surface area contributed by atoms with E-state index in [9.17, 15) is 4.79 Å². The van der Waals surface area contributed by atoms with Crippen molar-refractivity contribution in [2.75, 3.05) is 6.54 Å². The molecule has 0 atom stereocenters. The number of carboxylic acid groups (broad SMARTS) is 1. The molecule has 2 rings (SSSR count). The second kappa shape index (κ2) is 6.93. The van der Waals surface area contributed by atoms with E-state index in [1.165, 1.54) is 5.56 Å². The smallest absolute Gasteiger partial charge is 0.306 e. The van der Waals surface area contributed by atoms with Crippen LogP contribution in [0.25, 0.3) is 0 Å². The fraction of sp³-hybridized carbons (Fsp3) is 0.588. The Labute approximate surface area is 135 Å². The van der Waals surface area contributed by atoms with Crippen LogP contribution in [0.2, 0.25) is 0 Å². The van der Waals surface area contributed by atoms with Gasteiger partial charge in [-0.1, -0.05) is 41.9 Å². The molecule has 1 aliphatic rings. The summed E-state index contributed by atoms with van der Waals surface area (Å²) in [5, 5.41) is 12.7. The van der Waals surface area contributed by atoms with E-state index in [-0.39, 0.29) is 11.3 Å². The summed E-state index contributed by atoms with van der Waals surface area (Å²) in [5.74, 6) is -0.772. The van der Waals surface area contributed by atoms with Gasteiger partial charge in [0.05, 0.1) is 5.92 Å². The summed E-state index contributed by atoms with van der Waals surface area (Å²) in [5.41, 5.74) is 1.39. The normalized spacial score (nSPS) is 23.0. The molecule has 21 heavy (non-hydrogen) atoms. The van der Waals surface area contributed by atoms with Crippen molar-refractivity contribution < 1.29 is 9.90 Å². The largest absolute Gasteiger partial charge is 0.481 e. The highest BCUT2D eigenvalue weighted by Gasteiger charge is 2.27. The lowest BCUT2D eigenvalue weighted by Gasteiger charge is -2.32. The highest BCUT2D eigenvalue weighted by atomic mass is 79.9. The van der Waals surface area contributed by atoms with Crippen LogP contribution in [0.15, 0.2) is 28.7 Å². The average molecular weight is 354 g/mol. The van der Waals surface area contributed by atoms with Crippen LogP contribution in [0.5, 0.6) is 0 Å². The molecule has 0 radical (unpaired) electrons. The molecule has 0 aromatic heterocycles. The van der Waals surface area contributed by atoms with E-state index in [0.717, 1.165) is 36.7 Å². The van der Waals surface area contributed by atoms with Crippen molar-refractivity contribution in [2.45, 2.75) is 51.0 Å². The quantitative estimate of drug-likeness (QED) is 0.842. The molecule has 1 fully saturated rings. The molecule has 0 spiro atoms. The van der Waals surface area contributed by atoms with Gasteiger partial charge in [-0.25, -0.2) is 0 Å². The van der Waals surface area contributed by atoms with E-state index in [1.807, 2.05) is 0 Å². The number of aliphatic carboxylic acids is 1. The van der Waals surface area contributed by atoms with E-state index in [1.54, 1.807) is 0 Å². The lowest BCUT2D eigenvalue weighted by Crippen LogP contribution is -2.41. The van der Waals surface area contributed by atoms with Gasteiger partial charge in [0.1, 0.15) is 0 Å². The number of rotatable bonds is 5. The maximum absolute atomic E-state index is 11.0. The van der Waals surface area contributed by atoms with Crippen LogP contribution in [0, 0.1) is 5.92 Å². The lowest BCUT2D eigenvalue weighted by molar-refractivity contribution is -0.142. The van der Waals surface area contributed by atoms with Gasteiger partial charge < -0.3 is 10.4 Å². The van der Waals surface area contributed by atoms with Crippen LogP contribution in [-0.4, -0.2) is 23.7 Å². The highest BCUT2D eigenvalue weighted by molar-refractivity contribution is 9.10. The summed E-state index contributed by atoms with van der Waals surface area (Å²) in [4.78, 5) is 11.0. The van der Waals surface area contributed by atoms with Crippen molar-refractivity contribution in [2.24, 2.45) is 5.92 Å². The zero-order valence-electron chi connectivity index (χ0n) is 12.7. The maximum atomic E-state index is 11.0. The summed E-state index contributed by atoms with van der Waals surface area (Å²) in [6.45, 7) is 5.40. The van der Waals surface area contributed by atoms with E-state index in [2.05, 4.69) is 59.4 Å². The van der Waals surface area contributed by atoms with Gasteiger partial charge in [0.15, 0.2) is 0 Å². The van der Waals surface area contributed by atoms with Gasteiger partial charge in [0, 0.05) is 22.5 Å². The third-order valence-corrected chi connectivity index (χ3v) is 5.06. The Morgan fingerprint density at radius 1 is 1.24 bits per heavy atom. The van der Waals surface area contributed by atoms with Crippen LogP contribution in [0.4, 0.5) is 0 Å². The van der Waals surface area contributed by atoms with Crippen molar-refractivity contribution in [3.8, 4) is 0 Å². The zero-order chi connectivity index (χ0) is 15.5. The first kappa shape index (κ1) is 16.5. The first-order valence-corrected chi connectivity index (χ1v) is 8.40. The predicted octanol–water partition coefficient (Wildman–Crippen LogP) is 3.96. The molecule has 1 saturated carbocycles. The topological polar surface area (TPSA) is 49.3 Å². The van der Waals surface area contributed by atoms with Crippen LogP contribution < -0.4 is 5.32 Å². The van der Waals surface area contributed by atoms with Gasteiger partial charge >= 0.3 is 5.97 Å². The Hall–Kier alpha value is -0.870. The van der Waals surface area contributed by atoms with Crippen LogP contribution >= 0.6 is 15.9 Å². The minimum atomic E-state index is -0.636. The molecular formula is C17H24BrNO2. The fourth-order valence-corrected chi connectivity index (χ4v) is 3.21. The molecular weight excluding hydrogens is 330 g/mol. The monoisotopic (exact) mass is 353 g/mol. The van der Waals surface area contributed by atoms with Crippen LogP contribution in [0.3, 0.4) is 0 Å². The van der Waals surface area contributed by atoms with Gasteiger partial charge in [-0.05, 0) is 43.4 Å². The number of hydrogen-bond donors (Lipinski definition) is 2. The maximum Gasteiger partial charge on any atom is 0.306 e. The molecule has 1 aromatic carbocycles. The molecule has 0 bridgehead atoms. The fourth-order valence-electron chi connectivity index (χ4n) is 2.95. The number of nitrogens with one attached hydrogen (secondary N) is 1. The Morgan fingerprint density at radius 3 is 2.33 bits per heavy atom. The van der Waals surface area contributed by atoms with Crippen LogP contribution in [-0.2, 0) is 10.2 Å². The molecule has 0 amide bonds. The van der Waals surface area contributed by atoms with Crippen molar-refractivity contribution >= 4 is 21.9 Å². The molecule has 0 heterocycles. The second-order valence-electron chi connectivity index (χ2n) is 6.66. The SMILES string of the molecule is CC(C)(CNC1CCC(C(=O)O)CC1)c1ccc(Br)cc1. The summed E-state index contributed by atoms with van der Waals surface area (Å²) >= 11 is 3.47. The summed E-state index contributed by atoms with van der Waals surface area (Å²) in [7, 11) is 0. The first-order chi connectivity index (χ1) is 9.88. The minimum Gasteiger partial charge on any atom is -0.481 e. The van der Waals surface area contributed by atoms with Gasteiger partial charge in [0.2, 0.25) is 0 Å². The molecule has 0 unspecified atom stereocenters. The van der Waals surface area contributed by atoms with E-state index in [0.29, 0.717) is 6.04 Å². The number of carbonyl (C=O) groups is 1. The molecule has 1 aromatic rings. The van der Waals surface area contributed by atoms with Crippen LogP contribution in [0.1, 0.15) is 45.1 Å². The van der Waals surface area contributed by atoms with Gasteiger partial charge in [-0.3, -0.25) is 4.79 Å². The highest BCUT2D eigenvalue weighted by Crippen LogP contribution is 2.27. The average Bonchev–Trinajstić information content (AvgIpc) is 2.46. The number of carboxylic acids is 1. The summed E-state index contributed by atoms with van der Waals surface area (Å²) in [6, 6.07) is 8.93. The molecule has 4 heteroatoms. The number of halogens is 1. The Bertz CT molecular complexity index is 476. The van der Waals surface area contributed by atoms with Crippen molar-refractivity contribution in [1.82, 2.24) is 5.32 Å². The third kappa shape index (κ3) is 4.55. The lowest BCUT2D eigenvalue weighted by atomic mass is 9.82. The molecule has 3 nitrogen and oxygen atoms in total. The first-order valence-electron chi connectivity index (χ1n) is 7.61. The Kier molecular flexibility index (Phi) is 5.44. The summed E-state index contributed by atoms with van der Waals surface area (Å²) < 4.78 is 1.10. The second-order valence-corrected chi connectivity index (χ2v) is 7.57. The standard InChI is InChI=1S/C17H24BrNO2/c1-17(2,13-5-7-14(18)8-6-13)11-19-15-9-3-12(4-10-15)16(20)21/h5-8,12,15,19H,3-4,9-11H2,1-2H3,(H,20,21). The molecule has 0 aliphatic heterocycles. The van der Waals surface area contributed by atoms with Gasteiger partial charge in [0.25, 0.3) is 0 Å². The third-order valence-electron chi connectivity index (χ3n) is 4.53. The van der Waals surface area contributed by atoms with E-state index < -0.39 is 5.97 Å². The van der Waals surface area contributed by atoms with E-state index >= 15 is 0 Å².